The van der Waals surface area contributed by atoms with Crippen LogP contribution in [0.15, 0.2) is 6.20 Å². The molecule has 0 aliphatic heterocycles. The van der Waals surface area contributed by atoms with Crippen LogP contribution in [0.4, 0.5) is 0 Å². The average Bonchev–Trinajstić information content (AvgIpc) is 2.68. The van der Waals surface area contributed by atoms with E-state index in [1.165, 1.54) is 19.3 Å². The van der Waals surface area contributed by atoms with Gasteiger partial charge in [0.15, 0.2) is 0 Å². The maximum Gasteiger partial charge on any atom is 0.0826 e. The average molecular weight is 420 g/mol. The summed E-state index contributed by atoms with van der Waals surface area (Å²) in [5.41, 5.74) is 1.55. The number of hydrogen-bond donors (Lipinski definition) is 0. The molecular weight excluding hydrogens is 394 g/mol. The molecular formula is C14H26N3W-. The van der Waals surface area contributed by atoms with Crippen LogP contribution in [-0.4, -0.2) is 15.0 Å². The zero-order chi connectivity index (χ0) is 12.7. The first-order valence-electron chi connectivity index (χ1n) is 6.69. The van der Waals surface area contributed by atoms with Gasteiger partial charge in [-0.15, -0.1) is 5.10 Å². The van der Waals surface area contributed by atoms with E-state index in [9.17, 15) is 0 Å². The van der Waals surface area contributed by atoms with E-state index in [1.54, 1.807) is 0 Å². The zero-order valence-electron chi connectivity index (χ0n) is 12.0. The maximum absolute atomic E-state index is 4.17. The first-order chi connectivity index (χ1) is 8.01. The number of rotatable bonds is 7. The monoisotopic (exact) mass is 420 g/mol. The number of nitrogens with zero attached hydrogens (tertiary/aromatic N) is 3. The Labute approximate surface area is 126 Å². The van der Waals surface area contributed by atoms with Crippen molar-refractivity contribution in [1.29, 1.82) is 0 Å². The van der Waals surface area contributed by atoms with Crippen LogP contribution in [0.25, 0.3) is 0 Å². The number of unbranched alkanes of at least 4 members (excludes halogenated alkanes) is 2. The molecule has 1 heterocycles. The summed E-state index contributed by atoms with van der Waals surface area (Å²) in [5.74, 6) is 0. The van der Waals surface area contributed by atoms with E-state index in [2.05, 4.69) is 44.2 Å². The summed E-state index contributed by atoms with van der Waals surface area (Å²) in [6.45, 7) is 11.7. The Balaban J connectivity index is 0.00000289. The SMILES string of the molecule is [CH2-]CCCc1cn(CCCCC(C)(C)C)nn1.[W]. The molecule has 18 heavy (non-hydrogen) atoms. The Morgan fingerprint density at radius 1 is 1.22 bits per heavy atom. The third-order valence-electron chi connectivity index (χ3n) is 2.83. The first kappa shape index (κ1) is 17.8. The molecule has 3 nitrogen and oxygen atoms in total. The predicted molar refractivity (Wildman–Crippen MR) is 71.6 cm³/mol. The summed E-state index contributed by atoms with van der Waals surface area (Å²) in [5, 5.41) is 8.32. The fourth-order valence-electron chi connectivity index (χ4n) is 1.80. The van der Waals surface area contributed by atoms with Gasteiger partial charge < -0.3 is 6.92 Å². The quantitative estimate of drug-likeness (QED) is 0.498. The molecule has 1 aromatic heterocycles. The molecule has 0 saturated carbocycles. The molecule has 0 saturated heterocycles. The Kier molecular flexibility index (Phi) is 8.76. The minimum atomic E-state index is 0. The number of hydrogen-bond acceptors (Lipinski definition) is 2. The summed E-state index contributed by atoms with van der Waals surface area (Å²) < 4.78 is 1.97. The van der Waals surface area contributed by atoms with Gasteiger partial charge in [0.25, 0.3) is 0 Å². The van der Waals surface area contributed by atoms with Crippen LogP contribution in [0.5, 0.6) is 0 Å². The van der Waals surface area contributed by atoms with Crippen LogP contribution in [-0.2, 0) is 34.0 Å². The fraction of sp³-hybridized carbons (Fsp3) is 0.786. The van der Waals surface area contributed by atoms with Crippen molar-refractivity contribution in [2.75, 3.05) is 0 Å². The van der Waals surface area contributed by atoms with Crippen LogP contribution in [0.2, 0.25) is 0 Å². The zero-order valence-corrected chi connectivity index (χ0v) is 14.9. The van der Waals surface area contributed by atoms with Gasteiger partial charge in [-0.3, -0.25) is 4.68 Å². The molecule has 0 unspecified atom stereocenters. The normalized spacial score (nSPS) is 11.3. The smallest absolute Gasteiger partial charge is 0.0826 e. The fourth-order valence-corrected chi connectivity index (χ4v) is 1.80. The van der Waals surface area contributed by atoms with Crippen LogP contribution in [0.1, 0.15) is 58.6 Å². The van der Waals surface area contributed by atoms with Gasteiger partial charge in [0.05, 0.1) is 5.69 Å². The minimum Gasteiger partial charge on any atom is -0.343 e. The van der Waals surface area contributed by atoms with Gasteiger partial charge in [-0.05, 0) is 24.7 Å². The minimum absolute atomic E-state index is 0. The van der Waals surface area contributed by atoms with Gasteiger partial charge in [0, 0.05) is 33.8 Å². The summed E-state index contributed by atoms with van der Waals surface area (Å²) in [6, 6.07) is 0. The van der Waals surface area contributed by atoms with Crippen molar-refractivity contribution in [2.24, 2.45) is 5.41 Å². The molecule has 0 aromatic carbocycles. The van der Waals surface area contributed by atoms with Gasteiger partial charge in [-0.2, -0.15) is 6.42 Å². The second kappa shape index (κ2) is 8.85. The van der Waals surface area contributed by atoms with E-state index in [0.717, 1.165) is 31.5 Å². The maximum atomic E-state index is 4.17. The second-order valence-electron chi connectivity index (χ2n) is 5.95. The topological polar surface area (TPSA) is 30.7 Å². The van der Waals surface area contributed by atoms with Crippen LogP contribution in [0.3, 0.4) is 0 Å². The first-order valence-corrected chi connectivity index (χ1v) is 6.69. The van der Waals surface area contributed by atoms with Crippen molar-refractivity contribution in [3.8, 4) is 0 Å². The van der Waals surface area contributed by atoms with E-state index in [0.29, 0.717) is 5.41 Å². The molecule has 0 aliphatic rings. The third kappa shape index (κ3) is 8.02. The Morgan fingerprint density at radius 2 is 1.94 bits per heavy atom. The summed E-state index contributed by atoms with van der Waals surface area (Å²) in [4.78, 5) is 0. The Bertz CT molecular complexity index is 315. The standard InChI is InChI=1S/C14H26N3.W/c1-5-6-9-13-12-17(16-15-13)11-8-7-10-14(2,3)4;/h12H,1,5-11H2,2-4H3;/q-1;. The van der Waals surface area contributed by atoms with Crippen molar-refractivity contribution < 1.29 is 21.1 Å². The Morgan fingerprint density at radius 3 is 2.56 bits per heavy atom. The van der Waals surface area contributed by atoms with E-state index in [1.807, 2.05) is 4.68 Å². The van der Waals surface area contributed by atoms with Gasteiger partial charge >= 0.3 is 0 Å². The second-order valence-corrected chi connectivity index (χ2v) is 5.95. The molecule has 4 heteroatoms. The van der Waals surface area contributed by atoms with Gasteiger partial charge in [0.1, 0.15) is 0 Å². The van der Waals surface area contributed by atoms with Crippen molar-refractivity contribution in [3.63, 3.8) is 0 Å². The molecule has 1 rings (SSSR count). The summed E-state index contributed by atoms with van der Waals surface area (Å²) in [6.07, 6.45) is 8.88. The largest absolute Gasteiger partial charge is 0.343 e. The molecule has 1 aromatic rings. The van der Waals surface area contributed by atoms with Crippen LogP contribution >= 0.6 is 0 Å². The van der Waals surface area contributed by atoms with Crippen LogP contribution < -0.4 is 0 Å². The van der Waals surface area contributed by atoms with Crippen molar-refractivity contribution in [3.05, 3.63) is 18.8 Å². The van der Waals surface area contributed by atoms with Gasteiger partial charge in [-0.25, -0.2) is 0 Å². The van der Waals surface area contributed by atoms with Gasteiger partial charge in [0.2, 0.25) is 0 Å². The number of aryl methyl sites for hydroxylation is 2. The summed E-state index contributed by atoms with van der Waals surface area (Å²) in [7, 11) is 0. The Hall–Kier alpha value is -0.172. The molecule has 104 valence electrons. The van der Waals surface area contributed by atoms with Crippen molar-refractivity contribution in [1.82, 2.24) is 15.0 Å². The summed E-state index contributed by atoms with van der Waals surface area (Å²) >= 11 is 0. The van der Waals surface area contributed by atoms with Crippen molar-refractivity contribution >= 4 is 0 Å². The third-order valence-corrected chi connectivity index (χ3v) is 2.83. The number of aromatic nitrogens is 3. The molecule has 0 spiro atoms. The molecule has 0 bridgehead atoms. The van der Waals surface area contributed by atoms with Gasteiger partial charge in [-0.1, -0.05) is 38.8 Å². The molecule has 0 aliphatic carbocycles. The molecule has 0 radical (unpaired) electrons. The molecule has 0 atom stereocenters. The molecule has 0 amide bonds. The molecule has 0 fully saturated rings. The van der Waals surface area contributed by atoms with Crippen LogP contribution in [0, 0.1) is 12.3 Å². The van der Waals surface area contributed by atoms with E-state index < -0.39 is 0 Å². The van der Waals surface area contributed by atoms with E-state index >= 15 is 0 Å². The predicted octanol–water partition coefficient (Wildman–Crippen LogP) is 3.65. The molecule has 0 N–H and O–H groups in total. The van der Waals surface area contributed by atoms with E-state index in [4.69, 9.17) is 0 Å². The van der Waals surface area contributed by atoms with Crippen molar-refractivity contribution in [2.45, 2.75) is 65.8 Å². The van der Waals surface area contributed by atoms with E-state index in [-0.39, 0.29) is 21.1 Å².